The Balaban J connectivity index is 2.07. The first-order valence-corrected chi connectivity index (χ1v) is 9.00. The van der Waals surface area contributed by atoms with Crippen molar-refractivity contribution >= 4 is 34.3 Å². The van der Waals surface area contributed by atoms with Gasteiger partial charge in [-0.05, 0) is 24.6 Å². The molecule has 24 heavy (non-hydrogen) atoms. The Kier molecular flexibility index (Phi) is 5.38. The van der Waals surface area contributed by atoms with Gasteiger partial charge in [0.05, 0.1) is 17.4 Å². The van der Waals surface area contributed by atoms with Gasteiger partial charge in [-0.25, -0.2) is 4.98 Å². The summed E-state index contributed by atoms with van der Waals surface area (Å²) in [7, 11) is 0. The van der Waals surface area contributed by atoms with E-state index in [1.54, 1.807) is 4.57 Å². The fourth-order valence-corrected chi connectivity index (χ4v) is 3.51. The molecule has 0 radical (unpaired) electrons. The lowest BCUT2D eigenvalue weighted by molar-refractivity contribution is 0.658. The van der Waals surface area contributed by atoms with Gasteiger partial charge in [-0.1, -0.05) is 71.9 Å². The van der Waals surface area contributed by atoms with Crippen molar-refractivity contribution in [3.8, 4) is 0 Å². The van der Waals surface area contributed by atoms with Gasteiger partial charge in [0.1, 0.15) is 0 Å². The number of hydrogen-bond donors (Lipinski definition) is 0. The summed E-state index contributed by atoms with van der Waals surface area (Å²) in [6.07, 6.45) is 1.92. The van der Waals surface area contributed by atoms with Gasteiger partial charge in [0.2, 0.25) is 0 Å². The van der Waals surface area contributed by atoms with E-state index in [2.05, 4.69) is 4.98 Å². The van der Waals surface area contributed by atoms with E-state index in [9.17, 15) is 4.79 Å². The highest BCUT2D eigenvalue weighted by molar-refractivity contribution is 7.99. The van der Waals surface area contributed by atoms with Crippen LogP contribution in [0.3, 0.4) is 0 Å². The average Bonchev–Trinajstić information content (AvgIpc) is 2.59. The molecule has 3 rings (SSSR count). The number of thioether (sulfide) groups is 1. The van der Waals surface area contributed by atoms with Gasteiger partial charge in [0.15, 0.2) is 5.16 Å². The van der Waals surface area contributed by atoms with Crippen LogP contribution in [-0.2, 0) is 6.54 Å². The Bertz CT molecular complexity index is 931. The van der Waals surface area contributed by atoms with E-state index in [1.165, 1.54) is 11.8 Å². The van der Waals surface area contributed by atoms with Gasteiger partial charge < -0.3 is 0 Å². The van der Waals surface area contributed by atoms with Crippen LogP contribution in [-0.4, -0.2) is 15.3 Å². The minimum absolute atomic E-state index is 0.0153. The number of rotatable bonds is 5. The second-order valence-corrected chi connectivity index (χ2v) is 6.97. The van der Waals surface area contributed by atoms with Crippen LogP contribution in [0.25, 0.3) is 10.9 Å². The van der Waals surface area contributed by atoms with Gasteiger partial charge in [0.25, 0.3) is 5.56 Å². The largest absolute Gasteiger partial charge is 0.283 e. The van der Waals surface area contributed by atoms with E-state index >= 15 is 0 Å². The van der Waals surface area contributed by atoms with Crippen LogP contribution in [0.2, 0.25) is 0 Å². The summed E-state index contributed by atoms with van der Waals surface area (Å²) in [5, 5.41) is 2.08. The molecule has 0 unspecified atom stereocenters. The summed E-state index contributed by atoms with van der Waals surface area (Å²) in [5.74, 6) is 0.675. The zero-order chi connectivity index (χ0) is 16.9. The maximum absolute atomic E-state index is 12.9. The van der Waals surface area contributed by atoms with E-state index in [1.807, 2.05) is 67.6 Å². The molecule has 0 aliphatic carbocycles. The van der Waals surface area contributed by atoms with Crippen molar-refractivity contribution in [2.45, 2.75) is 18.6 Å². The maximum atomic E-state index is 12.9. The van der Waals surface area contributed by atoms with Crippen molar-refractivity contribution in [3.63, 3.8) is 0 Å². The van der Waals surface area contributed by atoms with Crippen molar-refractivity contribution in [1.82, 2.24) is 9.55 Å². The Hall–Kier alpha value is -2.04. The summed E-state index contributed by atoms with van der Waals surface area (Å²) < 4.78 is 1.74. The molecule has 0 amide bonds. The first kappa shape index (κ1) is 16.8. The predicted octanol–water partition coefficient (Wildman–Crippen LogP) is 4.68. The molecule has 122 valence electrons. The summed E-state index contributed by atoms with van der Waals surface area (Å²) >= 11 is 7.41. The fraction of sp³-hybridized carbons (Fsp3) is 0.158. The van der Waals surface area contributed by atoms with E-state index in [4.69, 9.17) is 11.6 Å². The molecule has 5 heteroatoms. The van der Waals surface area contributed by atoms with E-state index in [-0.39, 0.29) is 5.56 Å². The quantitative estimate of drug-likeness (QED) is 0.491. The predicted molar refractivity (Wildman–Crippen MR) is 102 cm³/mol. The molecule has 0 aliphatic rings. The zero-order valence-corrected chi connectivity index (χ0v) is 14.8. The molecule has 0 saturated carbocycles. The van der Waals surface area contributed by atoms with Crippen LogP contribution < -0.4 is 5.56 Å². The van der Waals surface area contributed by atoms with Crippen molar-refractivity contribution in [2.24, 2.45) is 0 Å². The SMILES string of the molecule is CC(Cl)=CCSc1nc2ccccc2c(=O)n1Cc1ccccc1. The number of aromatic nitrogens is 2. The first-order valence-electron chi connectivity index (χ1n) is 7.64. The molecule has 0 atom stereocenters. The van der Waals surface area contributed by atoms with Crippen LogP contribution in [0.1, 0.15) is 12.5 Å². The molecule has 3 nitrogen and oxygen atoms in total. The van der Waals surface area contributed by atoms with Crippen molar-refractivity contribution in [2.75, 3.05) is 5.75 Å². The van der Waals surface area contributed by atoms with Gasteiger partial charge in [-0.15, -0.1) is 0 Å². The highest BCUT2D eigenvalue weighted by Crippen LogP contribution is 2.19. The third-order valence-corrected chi connectivity index (χ3v) is 4.64. The standard InChI is InChI=1S/C19H17ClN2OS/c1-14(20)11-12-24-19-21-17-10-6-5-9-16(17)18(23)22(19)13-15-7-3-2-4-8-15/h2-11H,12-13H2,1H3. The van der Waals surface area contributed by atoms with Gasteiger partial charge >= 0.3 is 0 Å². The zero-order valence-electron chi connectivity index (χ0n) is 13.3. The number of para-hydroxylation sites is 1. The number of hydrogen-bond acceptors (Lipinski definition) is 3. The number of allylic oxidation sites excluding steroid dienone is 1. The normalized spacial score (nSPS) is 11.8. The van der Waals surface area contributed by atoms with Crippen molar-refractivity contribution in [1.29, 1.82) is 0 Å². The molecule has 0 fully saturated rings. The molecule has 1 heterocycles. The highest BCUT2D eigenvalue weighted by Gasteiger charge is 2.11. The molecular formula is C19H17ClN2OS. The third-order valence-electron chi connectivity index (χ3n) is 3.59. The molecule has 0 spiro atoms. The third kappa shape index (κ3) is 3.89. The minimum Gasteiger partial charge on any atom is -0.283 e. The van der Waals surface area contributed by atoms with Crippen molar-refractivity contribution < 1.29 is 0 Å². The Morgan fingerprint density at radius 1 is 1.17 bits per heavy atom. The number of fused-ring (bicyclic) bond motifs is 1. The van der Waals surface area contributed by atoms with Gasteiger partial charge in [0, 0.05) is 10.8 Å². The number of halogens is 1. The summed E-state index contributed by atoms with van der Waals surface area (Å²) in [5.41, 5.74) is 1.78. The second-order valence-electron chi connectivity index (χ2n) is 5.39. The van der Waals surface area contributed by atoms with Crippen LogP contribution >= 0.6 is 23.4 Å². The molecular weight excluding hydrogens is 340 g/mol. The maximum Gasteiger partial charge on any atom is 0.262 e. The fourth-order valence-electron chi connectivity index (χ4n) is 2.39. The Labute approximate surface area is 150 Å². The lowest BCUT2D eigenvalue weighted by Gasteiger charge is -2.12. The lowest BCUT2D eigenvalue weighted by atomic mass is 10.2. The lowest BCUT2D eigenvalue weighted by Crippen LogP contribution is -2.24. The van der Waals surface area contributed by atoms with Crippen LogP contribution in [0, 0.1) is 0 Å². The number of nitrogens with zero attached hydrogens (tertiary/aromatic N) is 2. The summed E-state index contributed by atoms with van der Waals surface area (Å²) in [6.45, 7) is 2.34. The topological polar surface area (TPSA) is 34.9 Å². The molecule has 3 aromatic rings. The second kappa shape index (κ2) is 7.69. The highest BCUT2D eigenvalue weighted by atomic mass is 35.5. The Morgan fingerprint density at radius 3 is 2.62 bits per heavy atom. The molecule has 0 saturated heterocycles. The minimum atomic E-state index is -0.0153. The molecule has 1 aromatic heterocycles. The molecule has 0 aliphatic heterocycles. The van der Waals surface area contributed by atoms with E-state index in [0.29, 0.717) is 22.8 Å². The monoisotopic (exact) mass is 356 g/mol. The molecule has 0 bridgehead atoms. The van der Waals surface area contributed by atoms with Crippen LogP contribution in [0.4, 0.5) is 0 Å². The van der Waals surface area contributed by atoms with E-state index < -0.39 is 0 Å². The Morgan fingerprint density at radius 2 is 1.88 bits per heavy atom. The van der Waals surface area contributed by atoms with E-state index in [0.717, 1.165) is 16.1 Å². The summed E-state index contributed by atoms with van der Waals surface area (Å²) in [6, 6.07) is 17.4. The molecule has 0 N–H and O–H groups in total. The van der Waals surface area contributed by atoms with Gasteiger partial charge in [-0.3, -0.25) is 9.36 Å². The summed E-state index contributed by atoms with van der Waals surface area (Å²) in [4.78, 5) is 17.6. The van der Waals surface area contributed by atoms with Crippen LogP contribution in [0.5, 0.6) is 0 Å². The van der Waals surface area contributed by atoms with Gasteiger partial charge in [-0.2, -0.15) is 0 Å². The molecule has 2 aromatic carbocycles. The van der Waals surface area contributed by atoms with Crippen molar-refractivity contribution in [3.05, 3.63) is 81.6 Å². The first-order chi connectivity index (χ1) is 11.6. The average molecular weight is 357 g/mol. The van der Waals surface area contributed by atoms with Crippen LogP contribution in [0.15, 0.2) is 75.7 Å². The number of benzene rings is 2. The smallest absolute Gasteiger partial charge is 0.262 e.